The highest BCUT2D eigenvalue weighted by Gasteiger charge is 2.59. The van der Waals surface area contributed by atoms with Gasteiger partial charge in [0.2, 0.25) is 6.79 Å². The molecule has 0 bridgehead atoms. The zero-order valence-corrected chi connectivity index (χ0v) is 17.3. The van der Waals surface area contributed by atoms with E-state index >= 15 is 0 Å². The molecule has 12 heteroatoms. The first-order valence-electron chi connectivity index (χ1n) is 9.06. The van der Waals surface area contributed by atoms with Crippen LogP contribution in [-0.2, 0) is 28.6 Å². The van der Waals surface area contributed by atoms with Gasteiger partial charge in [0.25, 0.3) is 6.10 Å². The standard InChI is InChI=1S/C18H26F6O6/c1-6-16(4,5)8-11(10(2)3)14(27)29-9-28-12(25)7-13(26)30-15(17(19,20)21)18(22,23)24/h10-11,15H,6-9H2,1-5H3. The molecule has 30 heavy (non-hydrogen) atoms. The van der Waals surface area contributed by atoms with E-state index in [1.807, 2.05) is 20.8 Å². The molecule has 0 aliphatic rings. The van der Waals surface area contributed by atoms with Crippen molar-refractivity contribution in [3.8, 4) is 0 Å². The second-order valence-corrected chi connectivity index (χ2v) is 7.80. The molecule has 0 aromatic carbocycles. The molecule has 0 aliphatic heterocycles. The number of carbonyl (C=O) groups excluding carboxylic acids is 3. The minimum atomic E-state index is -5.90. The lowest BCUT2D eigenvalue weighted by Gasteiger charge is -2.29. The quantitative estimate of drug-likeness (QED) is 0.209. The van der Waals surface area contributed by atoms with Crippen molar-refractivity contribution in [3.05, 3.63) is 0 Å². The molecule has 0 aromatic rings. The first-order chi connectivity index (χ1) is 13.4. The first-order valence-corrected chi connectivity index (χ1v) is 9.06. The number of esters is 3. The average molecular weight is 452 g/mol. The molecule has 0 radical (unpaired) electrons. The largest absolute Gasteiger partial charge is 0.442 e. The number of hydrogen-bond acceptors (Lipinski definition) is 6. The molecule has 0 N–H and O–H groups in total. The van der Waals surface area contributed by atoms with Crippen molar-refractivity contribution >= 4 is 17.9 Å². The zero-order valence-electron chi connectivity index (χ0n) is 17.3. The van der Waals surface area contributed by atoms with E-state index in [0.717, 1.165) is 6.42 Å². The molecule has 0 aromatic heterocycles. The molecule has 176 valence electrons. The molecule has 1 atom stereocenters. The Bertz CT molecular complexity index is 583. The second kappa shape index (κ2) is 10.9. The van der Waals surface area contributed by atoms with Gasteiger partial charge in [-0.2, -0.15) is 26.3 Å². The predicted octanol–water partition coefficient (Wildman–Crippen LogP) is 4.56. The Morgan fingerprint density at radius 1 is 0.867 bits per heavy atom. The third kappa shape index (κ3) is 10.1. The Hall–Kier alpha value is -2.01. The van der Waals surface area contributed by atoms with Crippen LogP contribution in [0.1, 0.15) is 53.9 Å². The van der Waals surface area contributed by atoms with Crippen LogP contribution in [0.2, 0.25) is 0 Å². The van der Waals surface area contributed by atoms with Gasteiger partial charge < -0.3 is 14.2 Å². The molecule has 0 amide bonds. The summed E-state index contributed by atoms with van der Waals surface area (Å²) in [5.41, 5.74) is -0.165. The monoisotopic (exact) mass is 452 g/mol. The second-order valence-electron chi connectivity index (χ2n) is 7.80. The summed E-state index contributed by atoms with van der Waals surface area (Å²) in [4.78, 5) is 34.8. The van der Waals surface area contributed by atoms with Crippen LogP contribution >= 0.6 is 0 Å². The van der Waals surface area contributed by atoms with Crippen LogP contribution in [0.3, 0.4) is 0 Å². The van der Waals surface area contributed by atoms with Gasteiger partial charge in [-0.05, 0) is 17.8 Å². The van der Waals surface area contributed by atoms with Crippen LogP contribution in [0.25, 0.3) is 0 Å². The van der Waals surface area contributed by atoms with E-state index < -0.39 is 55.5 Å². The van der Waals surface area contributed by atoms with E-state index in [-0.39, 0.29) is 11.3 Å². The van der Waals surface area contributed by atoms with Crippen molar-refractivity contribution in [2.24, 2.45) is 17.3 Å². The van der Waals surface area contributed by atoms with Crippen molar-refractivity contribution in [3.63, 3.8) is 0 Å². The van der Waals surface area contributed by atoms with Crippen molar-refractivity contribution in [1.29, 1.82) is 0 Å². The van der Waals surface area contributed by atoms with Crippen LogP contribution in [0.15, 0.2) is 0 Å². The minimum Gasteiger partial charge on any atom is -0.442 e. The molecule has 0 heterocycles. The van der Waals surface area contributed by atoms with E-state index in [0.29, 0.717) is 6.42 Å². The highest BCUT2D eigenvalue weighted by Crippen LogP contribution is 2.36. The summed E-state index contributed by atoms with van der Waals surface area (Å²) in [5, 5.41) is 0. The Kier molecular flexibility index (Phi) is 10.1. The fourth-order valence-electron chi connectivity index (χ4n) is 2.25. The van der Waals surface area contributed by atoms with Crippen LogP contribution in [0.4, 0.5) is 26.3 Å². The lowest BCUT2D eigenvalue weighted by atomic mass is 9.77. The third-order valence-electron chi connectivity index (χ3n) is 4.39. The first kappa shape index (κ1) is 28.0. The molecular formula is C18H26F6O6. The maximum atomic E-state index is 12.3. The smallest absolute Gasteiger partial charge is 0.434 e. The van der Waals surface area contributed by atoms with Crippen LogP contribution in [0, 0.1) is 17.3 Å². The molecule has 1 unspecified atom stereocenters. The van der Waals surface area contributed by atoms with Gasteiger partial charge >= 0.3 is 30.3 Å². The Morgan fingerprint density at radius 3 is 1.77 bits per heavy atom. The van der Waals surface area contributed by atoms with Crippen LogP contribution < -0.4 is 0 Å². The molecule has 0 saturated heterocycles. The topological polar surface area (TPSA) is 78.9 Å². The van der Waals surface area contributed by atoms with E-state index in [1.54, 1.807) is 13.8 Å². The van der Waals surface area contributed by atoms with Gasteiger partial charge in [-0.3, -0.25) is 14.4 Å². The van der Waals surface area contributed by atoms with E-state index in [9.17, 15) is 40.7 Å². The fourth-order valence-corrected chi connectivity index (χ4v) is 2.25. The summed E-state index contributed by atoms with van der Waals surface area (Å²) in [6.45, 7) is 8.50. The minimum absolute atomic E-state index is 0.101. The average Bonchev–Trinajstić information content (AvgIpc) is 2.55. The molecule has 0 aliphatic carbocycles. The summed E-state index contributed by atoms with van der Waals surface area (Å²) >= 11 is 0. The van der Waals surface area contributed by atoms with Crippen molar-refractivity contribution in [1.82, 2.24) is 0 Å². The third-order valence-corrected chi connectivity index (χ3v) is 4.39. The highest BCUT2D eigenvalue weighted by molar-refractivity contribution is 5.91. The normalized spacial score (nSPS) is 13.9. The lowest BCUT2D eigenvalue weighted by molar-refractivity contribution is -0.313. The van der Waals surface area contributed by atoms with E-state index in [2.05, 4.69) is 9.47 Å². The zero-order chi connectivity index (χ0) is 23.9. The Balaban J connectivity index is 4.67. The predicted molar refractivity (Wildman–Crippen MR) is 90.7 cm³/mol. The van der Waals surface area contributed by atoms with Gasteiger partial charge in [0.1, 0.15) is 6.42 Å². The summed E-state index contributed by atoms with van der Waals surface area (Å²) < 4.78 is 86.4. The SMILES string of the molecule is CCC(C)(C)CC(C(=O)OCOC(=O)CC(=O)OC(C(F)(F)F)C(F)(F)F)C(C)C. The summed E-state index contributed by atoms with van der Waals surface area (Å²) in [6.07, 6.45) is -16.4. The number of rotatable bonds is 10. The van der Waals surface area contributed by atoms with Crippen LogP contribution in [0.5, 0.6) is 0 Å². The van der Waals surface area contributed by atoms with Crippen molar-refractivity contribution < 1.29 is 54.9 Å². The molecule has 0 fully saturated rings. The number of carbonyl (C=O) groups is 3. The van der Waals surface area contributed by atoms with Gasteiger partial charge in [-0.25, -0.2) is 0 Å². The number of ether oxygens (including phenoxy) is 3. The lowest BCUT2D eigenvalue weighted by Crippen LogP contribution is -2.45. The Labute approximate surface area is 170 Å². The van der Waals surface area contributed by atoms with Gasteiger partial charge in [0.15, 0.2) is 0 Å². The molecule has 6 nitrogen and oxygen atoms in total. The molecule has 0 spiro atoms. The Morgan fingerprint density at radius 2 is 1.37 bits per heavy atom. The fraction of sp³-hybridized carbons (Fsp3) is 0.833. The van der Waals surface area contributed by atoms with Crippen molar-refractivity contribution in [2.45, 2.75) is 72.3 Å². The number of hydrogen-bond donors (Lipinski definition) is 0. The van der Waals surface area contributed by atoms with Gasteiger partial charge in [-0.15, -0.1) is 0 Å². The number of alkyl halides is 6. The maximum Gasteiger partial charge on any atom is 0.434 e. The maximum absolute atomic E-state index is 12.3. The van der Waals surface area contributed by atoms with Crippen LogP contribution in [-0.4, -0.2) is 43.2 Å². The van der Waals surface area contributed by atoms with E-state index in [1.165, 1.54) is 0 Å². The van der Waals surface area contributed by atoms with E-state index in [4.69, 9.17) is 4.74 Å². The summed E-state index contributed by atoms with van der Waals surface area (Å²) in [6, 6.07) is 0. The molecular weight excluding hydrogens is 426 g/mol. The van der Waals surface area contributed by atoms with Crippen molar-refractivity contribution in [2.75, 3.05) is 6.79 Å². The molecule has 0 rings (SSSR count). The highest BCUT2D eigenvalue weighted by atomic mass is 19.4. The van der Waals surface area contributed by atoms with Gasteiger partial charge in [-0.1, -0.05) is 41.0 Å². The number of halogens is 6. The summed E-state index contributed by atoms with van der Waals surface area (Å²) in [7, 11) is 0. The van der Waals surface area contributed by atoms with Gasteiger partial charge in [0, 0.05) is 0 Å². The van der Waals surface area contributed by atoms with Gasteiger partial charge in [0.05, 0.1) is 5.92 Å². The molecule has 0 saturated carbocycles. The summed E-state index contributed by atoms with van der Waals surface area (Å²) in [5.74, 6) is -4.91.